The molecule has 0 aliphatic rings. The first kappa shape index (κ1) is 10.8. The van der Waals surface area contributed by atoms with E-state index in [1.54, 1.807) is 0 Å². The molecule has 0 heterocycles. The van der Waals surface area contributed by atoms with E-state index >= 15 is 0 Å². The molecule has 0 aromatic rings. The molecule has 0 saturated heterocycles. The first-order valence-corrected chi connectivity index (χ1v) is 4.05. The molecule has 1 nitrogen and oxygen atoms in total. The summed E-state index contributed by atoms with van der Waals surface area (Å²) in [6.07, 6.45) is -2.72. The summed E-state index contributed by atoms with van der Waals surface area (Å²) in [5, 5.41) is 0. The van der Waals surface area contributed by atoms with Crippen molar-refractivity contribution in [1.29, 1.82) is 0 Å². The number of allylic oxidation sites excluding steroid dienone is 2. The van der Waals surface area contributed by atoms with Crippen molar-refractivity contribution < 1.29 is 32.5 Å². The zero-order valence-electron chi connectivity index (χ0n) is 5.48. The summed E-state index contributed by atoms with van der Waals surface area (Å²) in [7, 11) is 0. The number of alkyl halides is 3. The van der Waals surface area contributed by atoms with Gasteiger partial charge in [0.25, 0.3) is 0 Å². The molecule has 0 fully saturated rings. The third kappa shape index (κ3) is 4.27. The van der Waals surface area contributed by atoms with Gasteiger partial charge < -0.3 is 0 Å². The molecule has 11 heavy (non-hydrogen) atoms. The van der Waals surface area contributed by atoms with Gasteiger partial charge in [0.05, 0.1) is 0 Å². The van der Waals surface area contributed by atoms with Crippen LogP contribution in [-0.2, 0) is 19.4 Å². The molecule has 0 bridgehead atoms. The Morgan fingerprint density at radius 1 is 1.45 bits per heavy atom. The molecule has 0 spiro atoms. The van der Waals surface area contributed by atoms with Crippen molar-refractivity contribution in [2.45, 2.75) is 6.18 Å². The van der Waals surface area contributed by atoms with Crippen LogP contribution in [-0.4, -0.2) is 10.2 Å². The van der Waals surface area contributed by atoms with Crippen LogP contribution >= 0.6 is 0 Å². The Morgan fingerprint density at radius 2 is 1.91 bits per heavy atom. The topological polar surface area (TPSA) is 26.0 Å². The number of halogens is 3. The van der Waals surface area contributed by atoms with Gasteiger partial charge in [-0.1, -0.05) is 0 Å². The maximum atomic E-state index is 11.9. The van der Waals surface area contributed by atoms with E-state index in [0.29, 0.717) is 0 Å². The number of hydrogen-bond donors (Lipinski definition) is 1. The van der Waals surface area contributed by atoms with Gasteiger partial charge in [0.1, 0.15) is 0 Å². The first-order valence-electron chi connectivity index (χ1n) is 2.58. The molecule has 62 valence electrons. The van der Waals surface area contributed by atoms with Gasteiger partial charge in [0.15, 0.2) is 0 Å². The van der Waals surface area contributed by atoms with Crippen molar-refractivity contribution in [2.75, 3.05) is 0 Å². The van der Waals surface area contributed by atoms with E-state index in [2.05, 4.69) is 6.58 Å². The molecule has 0 unspecified atom stereocenters. The summed E-state index contributed by atoms with van der Waals surface area (Å²) < 4.78 is 35.8. The van der Waals surface area contributed by atoms with E-state index in [1.165, 1.54) is 0 Å². The van der Waals surface area contributed by atoms with Gasteiger partial charge in [0, 0.05) is 0 Å². The molecule has 0 rings (SSSR count). The molecule has 0 saturated carbocycles. The van der Waals surface area contributed by atoms with E-state index in [1.807, 2.05) is 0 Å². The van der Waals surface area contributed by atoms with Gasteiger partial charge in [0.2, 0.25) is 0 Å². The van der Waals surface area contributed by atoms with Crippen molar-refractivity contribution in [1.82, 2.24) is 0 Å². The summed E-state index contributed by atoms with van der Waals surface area (Å²) in [6.45, 7) is 3.03. The maximum absolute atomic E-state index is 11.9. The zero-order valence-corrected chi connectivity index (χ0v) is 8.41. The van der Waals surface area contributed by atoms with E-state index < -0.39 is 11.7 Å². The number of nitrogens with two attached hydrogens (primary N) is 1. The average Bonchev–Trinajstić information content (AvgIpc) is 1.79. The average molecular weight is 333 g/mol. The molecule has 0 aliphatic heterocycles. The predicted octanol–water partition coefficient (Wildman–Crippen LogP) is 1.30. The summed E-state index contributed by atoms with van der Waals surface area (Å²) in [6, 6.07) is 0. The van der Waals surface area contributed by atoms with Crippen molar-refractivity contribution in [3.8, 4) is 0 Å². The summed E-state index contributed by atoms with van der Waals surface area (Å²) in [5.74, 6) is 0. The van der Waals surface area contributed by atoms with Crippen molar-refractivity contribution in [3.05, 3.63) is 24.3 Å². The molecule has 0 radical (unpaired) electrons. The van der Waals surface area contributed by atoms with Gasteiger partial charge in [-0.3, -0.25) is 0 Å². The van der Waals surface area contributed by atoms with Crippen LogP contribution in [0.4, 0.5) is 13.2 Å². The molecule has 0 amide bonds. The van der Waals surface area contributed by atoms with Crippen LogP contribution in [0.3, 0.4) is 0 Å². The van der Waals surface area contributed by atoms with E-state index in [4.69, 9.17) is 5.73 Å². The Bertz CT molecular complexity index is 204. The number of rotatable bonds is 2. The van der Waals surface area contributed by atoms with Crippen molar-refractivity contribution in [2.24, 2.45) is 5.73 Å². The minimum absolute atomic E-state index is 0.192. The fraction of sp³-hybridized carbons (Fsp3) is 0.167. The van der Waals surface area contributed by atoms with Crippen molar-refractivity contribution in [3.63, 3.8) is 0 Å². The molecule has 0 aromatic carbocycles. The van der Waals surface area contributed by atoms with Crippen LogP contribution in [0.25, 0.3) is 0 Å². The van der Waals surface area contributed by atoms with Gasteiger partial charge in [-0.25, -0.2) is 0 Å². The van der Waals surface area contributed by atoms with Gasteiger partial charge in [-0.15, -0.1) is 0 Å². The van der Waals surface area contributed by atoms with Gasteiger partial charge in [-0.2, -0.15) is 0 Å². The Hall–Kier alpha value is -0.212. The number of hydrogen-bond acceptors (Lipinski definition) is 1. The summed E-state index contributed by atoms with van der Waals surface area (Å²) >= 11 is 0.809. The molecule has 0 aromatic heterocycles. The quantitative estimate of drug-likeness (QED) is 0.758. The van der Waals surface area contributed by atoms with Crippen LogP contribution in [0.1, 0.15) is 0 Å². The first-order chi connectivity index (χ1) is 4.88. The third-order valence-corrected chi connectivity index (χ3v) is 1.27. The van der Waals surface area contributed by atoms with Crippen LogP contribution in [0.5, 0.6) is 0 Å². The second kappa shape index (κ2) is 3.98. The second-order valence-corrected chi connectivity index (χ2v) is 3.40. The molecule has 2 N–H and O–H groups in total. The van der Waals surface area contributed by atoms with Crippen molar-refractivity contribution >= 4 is 4.02 Å². The van der Waals surface area contributed by atoms with Crippen LogP contribution in [0, 0.1) is 0 Å². The van der Waals surface area contributed by atoms with E-state index in [9.17, 15) is 13.2 Å². The normalized spacial score (nSPS) is 12.9. The second-order valence-electron chi connectivity index (χ2n) is 1.70. The van der Waals surface area contributed by atoms with Crippen LogP contribution < -0.4 is 5.73 Å². The Morgan fingerprint density at radius 3 is 2.00 bits per heavy atom. The Balaban J connectivity index is 4.68. The van der Waals surface area contributed by atoms with Crippen LogP contribution in [0.15, 0.2) is 24.3 Å². The molecule has 0 atom stereocenters. The van der Waals surface area contributed by atoms with E-state index in [-0.39, 0.29) is 4.02 Å². The molecular formula is C6H6F3NW. The van der Waals surface area contributed by atoms with Gasteiger partial charge in [-0.05, 0) is 0 Å². The Labute approximate surface area is 73.2 Å². The fourth-order valence-electron chi connectivity index (χ4n) is 0.410. The minimum atomic E-state index is -4.35. The monoisotopic (exact) mass is 333 g/mol. The molecular weight excluding hydrogens is 327 g/mol. The molecule has 5 heteroatoms. The third-order valence-electron chi connectivity index (χ3n) is 0.845. The van der Waals surface area contributed by atoms with E-state index in [0.717, 1.165) is 31.5 Å². The fourth-order valence-corrected chi connectivity index (χ4v) is 0.866. The predicted molar refractivity (Wildman–Crippen MR) is 33.5 cm³/mol. The summed E-state index contributed by atoms with van der Waals surface area (Å²) in [5.41, 5.74) is 4.29. The zero-order chi connectivity index (χ0) is 9.07. The molecule has 0 aliphatic carbocycles. The van der Waals surface area contributed by atoms with Crippen LogP contribution in [0.2, 0.25) is 0 Å². The SMILES string of the molecule is C=C/C(=C\[C](N)=[W])C(F)(F)F. The standard InChI is InChI=1S/C6H6F3N.W/c1-2-5(3-4-10)6(7,8)9;/h2-3H,1,10H2;/b5-3+;. The Kier molecular flexibility index (Phi) is 3.90. The van der Waals surface area contributed by atoms with Gasteiger partial charge >= 0.3 is 72.8 Å². The summed E-state index contributed by atoms with van der Waals surface area (Å²) in [4.78, 5) is 0.